The maximum Gasteiger partial charge on any atom is 0.326 e. The molecule has 2 aromatic rings. The Labute approximate surface area is 172 Å². The molecule has 2 aliphatic carbocycles. The zero-order valence-corrected chi connectivity index (χ0v) is 16.5. The van der Waals surface area contributed by atoms with E-state index in [0.717, 1.165) is 19.3 Å². The Balaban J connectivity index is 1.37. The molecule has 0 unspecified atom stereocenters. The first-order valence-electron chi connectivity index (χ1n) is 10.2. The number of anilines is 1. The van der Waals surface area contributed by atoms with E-state index in [0.29, 0.717) is 19.3 Å². The number of hydrogen-bond donors (Lipinski definition) is 5. The third kappa shape index (κ3) is 4.00. The Hall–Kier alpha value is -3.36. The van der Waals surface area contributed by atoms with Crippen molar-refractivity contribution in [3.63, 3.8) is 0 Å². The van der Waals surface area contributed by atoms with Crippen LogP contribution in [-0.2, 0) is 11.2 Å². The monoisotopic (exact) mass is 411 g/mol. The Morgan fingerprint density at radius 2 is 1.83 bits per heavy atom. The van der Waals surface area contributed by atoms with Crippen molar-refractivity contribution in [2.24, 2.45) is 5.92 Å². The number of aromatic nitrogens is 2. The summed E-state index contributed by atoms with van der Waals surface area (Å²) in [6, 6.07) is 8.00. The fraction of sp³-hybridized carbons (Fsp3) is 0.429. The van der Waals surface area contributed by atoms with Crippen LogP contribution < -0.4 is 27.6 Å². The number of aryl methyl sites for hydroxylation is 1. The summed E-state index contributed by atoms with van der Waals surface area (Å²) >= 11 is 0. The molecule has 1 aromatic heterocycles. The van der Waals surface area contributed by atoms with Gasteiger partial charge in [0, 0.05) is 12.0 Å². The van der Waals surface area contributed by atoms with Crippen LogP contribution >= 0.6 is 0 Å². The molecular weight excluding hydrogens is 386 g/mol. The number of nitrogens with one attached hydrogen (secondary N) is 4. The van der Waals surface area contributed by atoms with Gasteiger partial charge in [-0.25, -0.2) is 4.79 Å². The van der Waals surface area contributed by atoms with E-state index >= 15 is 0 Å². The molecule has 0 aliphatic heterocycles. The van der Waals surface area contributed by atoms with Crippen LogP contribution in [-0.4, -0.2) is 27.8 Å². The molecule has 2 amide bonds. The van der Waals surface area contributed by atoms with Crippen molar-refractivity contribution in [1.82, 2.24) is 20.6 Å². The lowest BCUT2D eigenvalue weighted by molar-refractivity contribution is -0.125. The maximum absolute atomic E-state index is 12.8. The topological polar surface area (TPSA) is 150 Å². The SMILES string of the molecule is Nc1c(C(=O)N[C@@H]2CC[C@@H](C(=O)N[C@H]3CCCc4ccccc43)C2)[nH]c(=O)[nH]c1=O. The smallest absolute Gasteiger partial charge is 0.326 e. The predicted octanol–water partition coefficient (Wildman–Crippen LogP) is 0.738. The van der Waals surface area contributed by atoms with Gasteiger partial charge in [0.25, 0.3) is 11.5 Å². The van der Waals surface area contributed by atoms with E-state index in [1.165, 1.54) is 11.1 Å². The number of nitrogen functional groups attached to an aromatic ring is 1. The normalized spacial score (nSPS) is 22.9. The number of fused-ring (bicyclic) bond motifs is 1. The number of carbonyl (C=O) groups is 2. The highest BCUT2D eigenvalue weighted by atomic mass is 16.2. The van der Waals surface area contributed by atoms with Crippen LogP contribution in [0.3, 0.4) is 0 Å². The summed E-state index contributed by atoms with van der Waals surface area (Å²) in [5.41, 5.74) is 5.89. The highest BCUT2D eigenvalue weighted by Crippen LogP contribution is 2.31. The number of benzene rings is 1. The number of hydrogen-bond acceptors (Lipinski definition) is 5. The van der Waals surface area contributed by atoms with Crippen molar-refractivity contribution in [1.29, 1.82) is 0 Å². The Bertz CT molecular complexity index is 1090. The van der Waals surface area contributed by atoms with Crippen molar-refractivity contribution in [3.05, 3.63) is 61.9 Å². The molecule has 0 radical (unpaired) electrons. The van der Waals surface area contributed by atoms with E-state index in [2.05, 4.69) is 27.8 Å². The largest absolute Gasteiger partial charge is 0.392 e. The van der Waals surface area contributed by atoms with Crippen molar-refractivity contribution in [3.8, 4) is 0 Å². The highest BCUT2D eigenvalue weighted by molar-refractivity contribution is 5.97. The van der Waals surface area contributed by atoms with Gasteiger partial charge in [-0.1, -0.05) is 24.3 Å². The van der Waals surface area contributed by atoms with E-state index in [-0.39, 0.29) is 35.3 Å². The molecule has 6 N–H and O–H groups in total. The highest BCUT2D eigenvalue weighted by Gasteiger charge is 2.33. The number of aromatic amines is 2. The molecule has 4 rings (SSSR count). The van der Waals surface area contributed by atoms with Crippen molar-refractivity contribution >= 4 is 17.5 Å². The van der Waals surface area contributed by atoms with E-state index in [1.807, 2.05) is 17.1 Å². The molecule has 9 heteroatoms. The van der Waals surface area contributed by atoms with Crippen LogP contribution in [0.4, 0.5) is 5.69 Å². The minimum absolute atomic E-state index is 0.00229. The first-order valence-corrected chi connectivity index (χ1v) is 10.2. The minimum atomic E-state index is -0.805. The zero-order chi connectivity index (χ0) is 21.3. The van der Waals surface area contributed by atoms with Crippen LogP contribution in [0.2, 0.25) is 0 Å². The summed E-state index contributed by atoms with van der Waals surface area (Å²) in [6.45, 7) is 0. The van der Waals surface area contributed by atoms with E-state index in [4.69, 9.17) is 5.73 Å². The first-order chi connectivity index (χ1) is 14.4. The molecule has 0 spiro atoms. The second-order valence-electron chi connectivity index (χ2n) is 8.03. The van der Waals surface area contributed by atoms with Gasteiger partial charge < -0.3 is 21.4 Å². The fourth-order valence-electron chi connectivity index (χ4n) is 4.48. The van der Waals surface area contributed by atoms with Gasteiger partial charge in [-0.05, 0) is 49.7 Å². The molecule has 9 nitrogen and oxygen atoms in total. The molecule has 3 atom stereocenters. The first kappa shape index (κ1) is 19.9. The third-order valence-electron chi connectivity index (χ3n) is 6.03. The van der Waals surface area contributed by atoms with Crippen molar-refractivity contribution in [2.45, 2.75) is 50.6 Å². The second-order valence-corrected chi connectivity index (χ2v) is 8.03. The number of carbonyl (C=O) groups excluding carboxylic acids is 2. The Morgan fingerprint density at radius 3 is 2.67 bits per heavy atom. The summed E-state index contributed by atoms with van der Waals surface area (Å²) < 4.78 is 0. The van der Waals surface area contributed by atoms with Gasteiger partial charge in [0.2, 0.25) is 5.91 Å². The van der Waals surface area contributed by atoms with Gasteiger partial charge in [-0.3, -0.25) is 19.4 Å². The average Bonchev–Trinajstić information content (AvgIpc) is 3.19. The molecule has 2 aliphatic rings. The molecule has 0 bridgehead atoms. The van der Waals surface area contributed by atoms with E-state index < -0.39 is 17.2 Å². The predicted molar refractivity (Wildman–Crippen MR) is 111 cm³/mol. The van der Waals surface area contributed by atoms with Crippen LogP contribution in [0.5, 0.6) is 0 Å². The summed E-state index contributed by atoms with van der Waals surface area (Å²) in [5.74, 6) is -0.819. The Kier molecular flexibility index (Phi) is 5.43. The number of rotatable bonds is 4. The molecule has 158 valence electrons. The van der Waals surface area contributed by atoms with Gasteiger partial charge in [-0.15, -0.1) is 0 Å². The molecule has 1 aromatic carbocycles. The number of H-pyrrole nitrogens is 2. The lowest BCUT2D eigenvalue weighted by Crippen LogP contribution is -2.39. The van der Waals surface area contributed by atoms with E-state index in [1.54, 1.807) is 0 Å². The average molecular weight is 411 g/mol. The quantitative estimate of drug-likeness (QED) is 0.503. The lowest BCUT2D eigenvalue weighted by Gasteiger charge is -2.27. The van der Waals surface area contributed by atoms with Gasteiger partial charge in [0.1, 0.15) is 11.4 Å². The van der Waals surface area contributed by atoms with Crippen LogP contribution in [0, 0.1) is 5.92 Å². The zero-order valence-electron chi connectivity index (χ0n) is 16.5. The summed E-state index contributed by atoms with van der Waals surface area (Å²) in [7, 11) is 0. The molecule has 0 saturated heterocycles. The van der Waals surface area contributed by atoms with Crippen LogP contribution in [0.15, 0.2) is 33.9 Å². The molecule has 1 heterocycles. The molecule has 1 fully saturated rings. The van der Waals surface area contributed by atoms with Gasteiger partial charge in [-0.2, -0.15) is 0 Å². The standard InChI is InChI=1S/C21H25N5O4/c22-16-17(25-21(30)26-19(16)28)20(29)23-13-9-8-12(10-13)18(27)24-15-7-3-5-11-4-1-2-6-14(11)15/h1-2,4,6,12-13,15H,3,5,7-10,22H2,(H,23,29)(H,24,27)(H2,25,26,28,30)/t12-,13-,15+/m1/s1. The van der Waals surface area contributed by atoms with Crippen LogP contribution in [0.25, 0.3) is 0 Å². The molecule has 1 saturated carbocycles. The summed E-state index contributed by atoms with van der Waals surface area (Å²) in [6.07, 6.45) is 4.80. The van der Waals surface area contributed by atoms with Gasteiger partial charge in [0.15, 0.2) is 0 Å². The third-order valence-corrected chi connectivity index (χ3v) is 6.03. The van der Waals surface area contributed by atoms with Crippen molar-refractivity contribution in [2.75, 3.05) is 5.73 Å². The summed E-state index contributed by atoms with van der Waals surface area (Å²) in [5, 5.41) is 5.95. The maximum atomic E-state index is 12.8. The second kappa shape index (κ2) is 8.17. The molecule has 30 heavy (non-hydrogen) atoms. The number of nitrogens with two attached hydrogens (primary N) is 1. The number of amides is 2. The molecular formula is C21H25N5O4. The van der Waals surface area contributed by atoms with E-state index in [9.17, 15) is 19.2 Å². The fourth-order valence-corrected chi connectivity index (χ4v) is 4.48. The van der Waals surface area contributed by atoms with Crippen LogP contribution in [0.1, 0.15) is 59.8 Å². The lowest BCUT2D eigenvalue weighted by atomic mass is 9.87. The summed E-state index contributed by atoms with van der Waals surface area (Å²) in [4.78, 5) is 52.5. The minimum Gasteiger partial charge on any atom is -0.392 e. The van der Waals surface area contributed by atoms with Gasteiger partial charge >= 0.3 is 5.69 Å². The Morgan fingerprint density at radius 1 is 1.03 bits per heavy atom. The van der Waals surface area contributed by atoms with Gasteiger partial charge in [0.05, 0.1) is 6.04 Å². The van der Waals surface area contributed by atoms with Crippen molar-refractivity contribution < 1.29 is 9.59 Å².